The standard InChI is InChI=1S/C49H43NO/c1-49(2,3)39-28-30-45-43(32-39)42-31-38(27-29-44(42)50(45)46-17-10-16-41-40-15-7-8-18-47(40)51-48(41)46)37-25-21-34(22-26-37)12-9-11-33-19-23-36(24-20-33)35-13-5-4-6-14-35/h4-7,10,13-17,19-32H,8-9,11-12,18H2,1-3H3. The van der Waals surface area contributed by atoms with E-state index in [0.717, 1.165) is 49.1 Å². The zero-order valence-electron chi connectivity index (χ0n) is 29.7. The highest BCUT2D eigenvalue weighted by atomic mass is 16.3. The lowest BCUT2D eigenvalue weighted by atomic mass is 9.86. The second kappa shape index (κ2) is 12.6. The summed E-state index contributed by atoms with van der Waals surface area (Å²) in [5, 5.41) is 3.74. The number of nitrogens with zero attached hydrogens (tertiary/aromatic N) is 1. The minimum atomic E-state index is 0.0497. The minimum Gasteiger partial charge on any atom is -0.458 e. The van der Waals surface area contributed by atoms with Crippen LogP contribution < -0.4 is 0 Å². The molecule has 51 heavy (non-hydrogen) atoms. The number of hydrogen-bond acceptors (Lipinski definition) is 1. The third-order valence-electron chi connectivity index (χ3n) is 10.8. The van der Waals surface area contributed by atoms with Gasteiger partial charge in [-0.1, -0.05) is 136 Å². The zero-order valence-corrected chi connectivity index (χ0v) is 29.7. The molecule has 2 heterocycles. The molecule has 0 aliphatic heterocycles. The molecule has 1 aliphatic rings. The summed E-state index contributed by atoms with van der Waals surface area (Å²) in [6.45, 7) is 6.89. The Bertz CT molecular complexity index is 2550. The van der Waals surface area contributed by atoms with E-state index in [1.807, 2.05) is 0 Å². The van der Waals surface area contributed by atoms with Gasteiger partial charge in [0.1, 0.15) is 5.76 Å². The van der Waals surface area contributed by atoms with Crippen molar-refractivity contribution in [3.05, 3.63) is 168 Å². The van der Waals surface area contributed by atoms with Crippen LogP contribution in [-0.2, 0) is 24.7 Å². The molecular weight excluding hydrogens is 619 g/mol. The average molecular weight is 662 g/mol. The second-order valence-corrected chi connectivity index (χ2v) is 15.2. The van der Waals surface area contributed by atoms with Gasteiger partial charge in [0.05, 0.1) is 16.7 Å². The van der Waals surface area contributed by atoms with E-state index in [-0.39, 0.29) is 5.41 Å². The van der Waals surface area contributed by atoms with E-state index >= 15 is 0 Å². The number of rotatable bonds is 7. The van der Waals surface area contributed by atoms with Gasteiger partial charge in [0, 0.05) is 28.1 Å². The highest BCUT2D eigenvalue weighted by Crippen LogP contribution is 2.41. The van der Waals surface area contributed by atoms with Gasteiger partial charge < -0.3 is 8.98 Å². The molecular formula is C49H43NO. The van der Waals surface area contributed by atoms with E-state index in [1.54, 1.807) is 0 Å². The van der Waals surface area contributed by atoms with Crippen molar-refractivity contribution in [3.63, 3.8) is 0 Å². The van der Waals surface area contributed by atoms with Crippen molar-refractivity contribution < 1.29 is 4.42 Å². The van der Waals surface area contributed by atoms with Crippen LogP contribution in [0.3, 0.4) is 0 Å². The number of hydrogen-bond donors (Lipinski definition) is 0. The first kappa shape index (κ1) is 31.4. The zero-order chi connectivity index (χ0) is 34.5. The van der Waals surface area contributed by atoms with Crippen LogP contribution in [0.4, 0.5) is 0 Å². The van der Waals surface area contributed by atoms with Gasteiger partial charge in [-0.2, -0.15) is 0 Å². The number of aromatic nitrogens is 1. The monoisotopic (exact) mass is 661 g/mol. The number of allylic oxidation sites excluding steroid dienone is 1. The molecule has 0 spiro atoms. The van der Waals surface area contributed by atoms with Crippen molar-refractivity contribution in [2.24, 2.45) is 0 Å². The number of para-hydroxylation sites is 1. The molecule has 0 radical (unpaired) electrons. The molecule has 0 bridgehead atoms. The first-order valence-corrected chi connectivity index (χ1v) is 18.4. The minimum absolute atomic E-state index is 0.0497. The molecule has 0 saturated heterocycles. The number of benzene rings is 6. The van der Waals surface area contributed by atoms with Crippen molar-refractivity contribution in [1.29, 1.82) is 0 Å². The van der Waals surface area contributed by atoms with Gasteiger partial charge in [0.15, 0.2) is 5.58 Å². The lowest BCUT2D eigenvalue weighted by molar-refractivity contribution is 0.545. The summed E-state index contributed by atoms with van der Waals surface area (Å²) in [4.78, 5) is 0. The molecule has 2 aromatic heterocycles. The van der Waals surface area contributed by atoms with Crippen molar-refractivity contribution in [2.75, 3.05) is 0 Å². The summed E-state index contributed by atoms with van der Waals surface area (Å²) in [5.74, 6) is 1.10. The van der Waals surface area contributed by atoms with Crippen molar-refractivity contribution in [1.82, 2.24) is 4.57 Å². The van der Waals surface area contributed by atoms with Crippen LogP contribution in [0.15, 0.2) is 144 Å². The average Bonchev–Trinajstić information content (AvgIpc) is 3.71. The highest BCUT2D eigenvalue weighted by Gasteiger charge is 2.22. The molecule has 0 N–H and O–H groups in total. The largest absolute Gasteiger partial charge is 0.458 e. The Morgan fingerprint density at radius 3 is 1.92 bits per heavy atom. The quantitative estimate of drug-likeness (QED) is 0.166. The van der Waals surface area contributed by atoms with Crippen molar-refractivity contribution in [2.45, 2.75) is 58.3 Å². The molecule has 250 valence electrons. The smallest absolute Gasteiger partial charge is 0.158 e. The van der Waals surface area contributed by atoms with Gasteiger partial charge in [-0.25, -0.2) is 0 Å². The van der Waals surface area contributed by atoms with Gasteiger partial charge in [0.25, 0.3) is 0 Å². The van der Waals surface area contributed by atoms with Crippen LogP contribution in [0, 0.1) is 0 Å². The van der Waals surface area contributed by atoms with E-state index in [1.165, 1.54) is 71.7 Å². The fraction of sp³-hybridized carbons (Fsp3) is 0.184. The first-order valence-electron chi connectivity index (χ1n) is 18.4. The van der Waals surface area contributed by atoms with E-state index in [0.29, 0.717) is 0 Å². The molecule has 6 aromatic carbocycles. The lowest BCUT2D eigenvalue weighted by Gasteiger charge is -2.19. The molecule has 0 saturated carbocycles. The molecule has 0 atom stereocenters. The molecule has 1 aliphatic carbocycles. The number of fused-ring (bicyclic) bond motifs is 6. The molecule has 0 amide bonds. The van der Waals surface area contributed by atoms with E-state index in [4.69, 9.17) is 4.42 Å². The van der Waals surface area contributed by atoms with Crippen LogP contribution in [0.25, 0.3) is 66.8 Å². The predicted octanol–water partition coefficient (Wildman–Crippen LogP) is 13.3. The maximum Gasteiger partial charge on any atom is 0.158 e. The highest BCUT2D eigenvalue weighted by molar-refractivity contribution is 6.12. The van der Waals surface area contributed by atoms with Crippen LogP contribution in [0.2, 0.25) is 0 Å². The van der Waals surface area contributed by atoms with Crippen LogP contribution in [-0.4, -0.2) is 4.57 Å². The summed E-state index contributed by atoms with van der Waals surface area (Å²) < 4.78 is 9.04. The van der Waals surface area contributed by atoms with Crippen molar-refractivity contribution >= 4 is 38.9 Å². The maximum absolute atomic E-state index is 6.63. The number of furan rings is 1. The van der Waals surface area contributed by atoms with Crippen LogP contribution in [0.5, 0.6) is 0 Å². The van der Waals surface area contributed by atoms with Crippen LogP contribution in [0.1, 0.15) is 61.6 Å². The molecule has 0 fully saturated rings. The Morgan fingerprint density at radius 1 is 0.588 bits per heavy atom. The summed E-state index contributed by atoms with van der Waals surface area (Å²) in [6, 6.07) is 49.5. The Balaban J connectivity index is 1.02. The fourth-order valence-electron chi connectivity index (χ4n) is 7.92. The molecule has 9 rings (SSSR count). The molecule has 2 heteroatoms. The van der Waals surface area contributed by atoms with E-state index < -0.39 is 0 Å². The van der Waals surface area contributed by atoms with E-state index in [9.17, 15) is 0 Å². The van der Waals surface area contributed by atoms with E-state index in [2.05, 4.69) is 171 Å². The summed E-state index contributed by atoms with van der Waals surface area (Å²) in [7, 11) is 0. The Kier molecular flexibility index (Phi) is 7.77. The second-order valence-electron chi connectivity index (χ2n) is 15.2. The molecule has 8 aromatic rings. The Morgan fingerprint density at radius 2 is 1.22 bits per heavy atom. The Hall–Kier alpha value is -5.60. The van der Waals surface area contributed by atoms with Crippen LogP contribution >= 0.6 is 0 Å². The molecule has 2 nitrogen and oxygen atoms in total. The lowest BCUT2D eigenvalue weighted by Crippen LogP contribution is -2.10. The third-order valence-corrected chi connectivity index (χ3v) is 10.8. The fourth-order valence-corrected chi connectivity index (χ4v) is 7.92. The third kappa shape index (κ3) is 5.79. The molecule has 0 unspecified atom stereocenters. The van der Waals surface area contributed by atoms with Crippen molar-refractivity contribution in [3.8, 4) is 27.9 Å². The first-order chi connectivity index (χ1) is 24.9. The predicted molar refractivity (Wildman–Crippen MR) is 216 cm³/mol. The SMILES string of the molecule is CC(C)(C)c1ccc2c(c1)c1cc(-c3ccc(CCCc4ccc(-c5ccccc5)cc4)cc3)ccc1n2-c1cccc2c3c(oc12)CCC=C3. The number of aryl methyl sites for hydroxylation is 3. The Labute approximate surface area is 300 Å². The normalized spacial score (nSPS) is 13.0. The summed E-state index contributed by atoms with van der Waals surface area (Å²) in [6.07, 6.45) is 9.76. The maximum atomic E-state index is 6.63. The van der Waals surface area contributed by atoms with Gasteiger partial charge in [-0.05, 0) is 100 Å². The summed E-state index contributed by atoms with van der Waals surface area (Å²) in [5.41, 5.74) is 14.9. The van der Waals surface area contributed by atoms with Gasteiger partial charge in [-0.3, -0.25) is 0 Å². The summed E-state index contributed by atoms with van der Waals surface area (Å²) >= 11 is 0. The van der Waals surface area contributed by atoms with Gasteiger partial charge in [-0.15, -0.1) is 0 Å². The van der Waals surface area contributed by atoms with Gasteiger partial charge >= 0.3 is 0 Å². The van der Waals surface area contributed by atoms with Gasteiger partial charge in [0.2, 0.25) is 0 Å². The topological polar surface area (TPSA) is 18.1 Å².